The molecule has 0 aromatic carbocycles. The second-order valence-corrected chi connectivity index (χ2v) is 7.10. The topological polar surface area (TPSA) is 161 Å². The predicted octanol–water partition coefficient (Wildman–Crippen LogP) is -1.17. The van der Waals surface area contributed by atoms with Crippen molar-refractivity contribution in [1.82, 2.24) is 19.7 Å². The normalized spacial score (nSPS) is 16.6. The molecular weight excluding hydrogens is 412 g/mol. The minimum Gasteiger partial charge on any atom is -0.484 e. The maximum absolute atomic E-state index is 11.3. The first-order valence-electron chi connectivity index (χ1n) is 9.64. The first-order chi connectivity index (χ1) is 14.8. The van der Waals surface area contributed by atoms with Gasteiger partial charge >= 0.3 is 17.9 Å². The number of carboxylic acid groups (broad SMARTS) is 3. The highest BCUT2D eigenvalue weighted by molar-refractivity contribution is 5.70. The molecule has 12 nitrogen and oxygen atoms in total. The second kappa shape index (κ2) is 11.9. The molecule has 1 aromatic rings. The summed E-state index contributed by atoms with van der Waals surface area (Å²) in [5.41, 5.74) is 0.969. The van der Waals surface area contributed by atoms with Crippen molar-refractivity contribution in [3.8, 4) is 5.75 Å². The van der Waals surface area contributed by atoms with E-state index in [9.17, 15) is 34.5 Å². The Morgan fingerprint density at radius 3 is 1.94 bits per heavy atom. The molecule has 170 valence electrons. The summed E-state index contributed by atoms with van der Waals surface area (Å²) in [6, 6.07) is 3.28. The summed E-state index contributed by atoms with van der Waals surface area (Å²) in [5.74, 6) is -2.76. The van der Waals surface area contributed by atoms with Crippen molar-refractivity contribution in [3.63, 3.8) is 0 Å². The number of hydrogen-bond donors (Lipinski definition) is 3. The van der Waals surface area contributed by atoms with Crippen molar-refractivity contribution >= 4 is 24.2 Å². The van der Waals surface area contributed by atoms with Gasteiger partial charge in [-0.05, 0) is 12.1 Å². The average Bonchev–Trinajstić information content (AvgIpc) is 2.67. The Balaban J connectivity index is 2.37. The molecule has 3 N–H and O–H groups in total. The fourth-order valence-corrected chi connectivity index (χ4v) is 3.27. The molecule has 0 spiro atoms. The zero-order valence-electron chi connectivity index (χ0n) is 17.0. The zero-order valence-corrected chi connectivity index (χ0v) is 17.0. The van der Waals surface area contributed by atoms with Crippen LogP contribution in [0.3, 0.4) is 0 Å². The van der Waals surface area contributed by atoms with Crippen molar-refractivity contribution < 1.29 is 39.2 Å². The van der Waals surface area contributed by atoms with Gasteiger partial charge in [0.15, 0.2) is 6.29 Å². The standard InChI is InChI=1S/C19H26N4O8/c24-7-8-31-16-2-1-14-9-22(12-18(27)28)5-3-21(11-17(25)26)4-6-23(13-19(29)30)10-15(16)20-14/h1-2,7H,3-6,8-13H2,(H,25,26)(H,27,28)(H,29,30). The van der Waals surface area contributed by atoms with Crippen molar-refractivity contribution in [2.45, 2.75) is 13.1 Å². The van der Waals surface area contributed by atoms with Gasteiger partial charge in [0.2, 0.25) is 0 Å². The van der Waals surface area contributed by atoms with Crippen LogP contribution in [-0.2, 0) is 32.3 Å². The number of carboxylic acids is 3. The Morgan fingerprint density at radius 2 is 1.39 bits per heavy atom. The van der Waals surface area contributed by atoms with Gasteiger partial charge in [0.05, 0.1) is 31.0 Å². The first-order valence-corrected chi connectivity index (χ1v) is 9.64. The molecule has 2 rings (SSSR count). The van der Waals surface area contributed by atoms with Crippen molar-refractivity contribution in [3.05, 3.63) is 23.5 Å². The van der Waals surface area contributed by atoms with Gasteiger partial charge in [-0.1, -0.05) is 0 Å². The summed E-state index contributed by atoms with van der Waals surface area (Å²) in [7, 11) is 0. The molecule has 2 heterocycles. The van der Waals surface area contributed by atoms with Gasteiger partial charge in [0, 0.05) is 39.3 Å². The number of hydrogen-bond acceptors (Lipinski definition) is 9. The van der Waals surface area contributed by atoms with Crippen LogP contribution in [0, 0.1) is 0 Å². The molecule has 0 amide bonds. The molecule has 0 radical (unpaired) electrons. The maximum Gasteiger partial charge on any atom is 0.317 e. The molecule has 12 heteroatoms. The first kappa shape index (κ1) is 24.2. The fourth-order valence-electron chi connectivity index (χ4n) is 3.27. The van der Waals surface area contributed by atoms with Crippen LogP contribution in [-0.4, -0.2) is 112 Å². The molecule has 1 aliphatic rings. The predicted molar refractivity (Wildman–Crippen MR) is 106 cm³/mol. The van der Waals surface area contributed by atoms with Crippen LogP contribution in [0.5, 0.6) is 5.75 Å². The van der Waals surface area contributed by atoms with Crippen molar-refractivity contribution in [2.24, 2.45) is 0 Å². The summed E-state index contributed by atoms with van der Waals surface area (Å²) < 4.78 is 5.41. The van der Waals surface area contributed by atoms with Crippen LogP contribution >= 0.6 is 0 Å². The quantitative estimate of drug-likeness (QED) is 0.397. The van der Waals surface area contributed by atoms with Crippen LogP contribution in [0.4, 0.5) is 0 Å². The number of aromatic nitrogens is 1. The Hall–Kier alpha value is -3.09. The van der Waals surface area contributed by atoms with E-state index in [0.717, 1.165) is 0 Å². The minimum absolute atomic E-state index is 0.105. The van der Waals surface area contributed by atoms with E-state index >= 15 is 0 Å². The fraction of sp³-hybridized carbons (Fsp3) is 0.526. The number of aldehydes is 1. The highest BCUT2D eigenvalue weighted by Gasteiger charge is 2.21. The van der Waals surface area contributed by atoms with Gasteiger partial charge < -0.3 is 20.1 Å². The van der Waals surface area contributed by atoms with E-state index in [0.29, 0.717) is 36.5 Å². The molecule has 0 saturated carbocycles. The zero-order chi connectivity index (χ0) is 22.8. The molecule has 2 bridgehead atoms. The summed E-state index contributed by atoms with van der Waals surface area (Å²) in [6.07, 6.45) is 0.587. The molecule has 0 atom stereocenters. The van der Waals surface area contributed by atoms with Gasteiger partial charge in [-0.15, -0.1) is 0 Å². The van der Waals surface area contributed by atoms with E-state index in [1.165, 1.54) is 0 Å². The van der Waals surface area contributed by atoms with E-state index in [4.69, 9.17) is 4.74 Å². The van der Waals surface area contributed by atoms with Crippen LogP contribution < -0.4 is 4.74 Å². The van der Waals surface area contributed by atoms with E-state index in [-0.39, 0.29) is 52.4 Å². The lowest BCUT2D eigenvalue weighted by atomic mass is 10.2. The molecule has 1 aromatic heterocycles. The van der Waals surface area contributed by atoms with E-state index in [2.05, 4.69) is 4.98 Å². The third-order valence-corrected chi connectivity index (χ3v) is 4.60. The largest absolute Gasteiger partial charge is 0.484 e. The van der Waals surface area contributed by atoms with Gasteiger partial charge in [-0.2, -0.15) is 0 Å². The Kier molecular flexibility index (Phi) is 9.31. The van der Waals surface area contributed by atoms with E-state index < -0.39 is 17.9 Å². The number of carbonyl (C=O) groups is 4. The smallest absolute Gasteiger partial charge is 0.317 e. The molecule has 0 saturated heterocycles. The highest BCUT2D eigenvalue weighted by Crippen LogP contribution is 2.20. The van der Waals surface area contributed by atoms with Gasteiger partial charge in [0.25, 0.3) is 0 Å². The van der Waals surface area contributed by atoms with Crippen LogP contribution in [0.2, 0.25) is 0 Å². The van der Waals surface area contributed by atoms with Gasteiger partial charge in [-0.3, -0.25) is 38.9 Å². The molecule has 0 fully saturated rings. The lowest BCUT2D eigenvalue weighted by Gasteiger charge is -2.29. The van der Waals surface area contributed by atoms with Crippen LogP contribution in [0.25, 0.3) is 0 Å². The SMILES string of the molecule is O=CCOc1ccc2nc1CN(CC(=O)O)CCN(CC(=O)O)CCN(CC(=O)O)C2. The monoisotopic (exact) mass is 438 g/mol. The van der Waals surface area contributed by atoms with E-state index in [1.807, 2.05) is 0 Å². The minimum atomic E-state index is -1.05. The van der Waals surface area contributed by atoms with Gasteiger partial charge in [0.1, 0.15) is 12.4 Å². The van der Waals surface area contributed by atoms with Crippen LogP contribution in [0.1, 0.15) is 11.4 Å². The van der Waals surface area contributed by atoms with Crippen LogP contribution in [0.15, 0.2) is 12.1 Å². The lowest BCUT2D eigenvalue weighted by molar-refractivity contribution is -0.140. The third-order valence-electron chi connectivity index (χ3n) is 4.60. The van der Waals surface area contributed by atoms with E-state index in [1.54, 1.807) is 26.8 Å². The third kappa shape index (κ3) is 8.66. The lowest BCUT2D eigenvalue weighted by Crippen LogP contribution is -2.44. The molecule has 31 heavy (non-hydrogen) atoms. The summed E-state index contributed by atoms with van der Waals surface area (Å²) >= 11 is 0. The molecule has 0 unspecified atom stereocenters. The molecule has 1 aliphatic heterocycles. The Bertz CT molecular complexity index is 803. The molecule has 0 aliphatic carbocycles. The number of fused-ring (bicyclic) bond motifs is 2. The Labute approximate surface area is 178 Å². The summed E-state index contributed by atoms with van der Waals surface area (Å²) in [5, 5.41) is 27.7. The summed E-state index contributed by atoms with van der Waals surface area (Å²) in [4.78, 5) is 53.9. The van der Waals surface area contributed by atoms with Crippen molar-refractivity contribution in [2.75, 3.05) is 52.4 Å². The number of rotatable bonds is 9. The number of pyridine rings is 1. The summed E-state index contributed by atoms with van der Waals surface area (Å²) in [6.45, 7) is 0.442. The Morgan fingerprint density at radius 1 is 0.871 bits per heavy atom. The second-order valence-electron chi connectivity index (χ2n) is 7.10. The average molecular weight is 438 g/mol. The van der Waals surface area contributed by atoms with Gasteiger partial charge in [-0.25, -0.2) is 0 Å². The number of ether oxygens (including phenoxy) is 1. The maximum atomic E-state index is 11.3. The number of nitrogens with zero attached hydrogens (tertiary/aromatic N) is 4. The molecular formula is C19H26N4O8. The highest BCUT2D eigenvalue weighted by atomic mass is 16.5. The number of carbonyl (C=O) groups excluding carboxylic acids is 1. The van der Waals surface area contributed by atoms with Crippen molar-refractivity contribution in [1.29, 1.82) is 0 Å². The number of aliphatic carboxylic acids is 3.